The van der Waals surface area contributed by atoms with Crippen LogP contribution in [0.25, 0.3) is 0 Å². The maximum atomic E-state index is 13.1. The van der Waals surface area contributed by atoms with Gasteiger partial charge in [-0.05, 0) is 43.0 Å². The first-order valence-corrected chi connectivity index (χ1v) is 6.82. The molecule has 0 heterocycles. The first-order valence-electron chi connectivity index (χ1n) is 6.82. The normalized spacial score (nSPS) is 12.2. The van der Waals surface area contributed by atoms with Crippen molar-refractivity contribution in [2.75, 3.05) is 13.6 Å². The molecule has 0 aliphatic rings. The molecule has 1 aromatic carbocycles. The van der Waals surface area contributed by atoms with Crippen LogP contribution in [-0.2, 0) is 11.3 Å². The van der Waals surface area contributed by atoms with Gasteiger partial charge in [-0.3, -0.25) is 4.79 Å². The van der Waals surface area contributed by atoms with Gasteiger partial charge in [0, 0.05) is 20.0 Å². The van der Waals surface area contributed by atoms with Gasteiger partial charge < -0.3 is 10.6 Å². The Morgan fingerprint density at radius 2 is 2.00 bits per heavy atom. The van der Waals surface area contributed by atoms with E-state index >= 15 is 0 Å². The summed E-state index contributed by atoms with van der Waals surface area (Å²) in [6, 6.07) is 3.68. The highest BCUT2D eigenvalue weighted by molar-refractivity contribution is 5.75. The summed E-state index contributed by atoms with van der Waals surface area (Å²) in [6.45, 7) is 2.97. The summed E-state index contributed by atoms with van der Waals surface area (Å²) in [5, 5.41) is 0. The molecule has 5 heteroatoms. The van der Waals surface area contributed by atoms with E-state index in [-0.39, 0.29) is 12.5 Å². The molecular weight excluding hydrogens is 262 g/mol. The number of nitrogens with zero attached hydrogens (tertiary/aromatic N) is 1. The van der Waals surface area contributed by atoms with E-state index in [1.807, 2.05) is 0 Å². The molecule has 0 saturated carbocycles. The fourth-order valence-corrected chi connectivity index (χ4v) is 1.99. The van der Waals surface area contributed by atoms with Crippen molar-refractivity contribution in [3.63, 3.8) is 0 Å². The van der Waals surface area contributed by atoms with Crippen molar-refractivity contribution in [1.82, 2.24) is 4.90 Å². The van der Waals surface area contributed by atoms with Crippen molar-refractivity contribution >= 4 is 5.91 Å². The van der Waals surface area contributed by atoms with Gasteiger partial charge in [0.2, 0.25) is 5.91 Å². The fraction of sp³-hybridized carbons (Fsp3) is 0.533. The van der Waals surface area contributed by atoms with E-state index in [1.54, 1.807) is 7.05 Å². The van der Waals surface area contributed by atoms with E-state index in [1.165, 1.54) is 11.0 Å². The summed E-state index contributed by atoms with van der Waals surface area (Å²) < 4.78 is 25.9. The van der Waals surface area contributed by atoms with Gasteiger partial charge in [0.25, 0.3) is 0 Å². The summed E-state index contributed by atoms with van der Waals surface area (Å²) in [5.74, 6) is -1.35. The monoisotopic (exact) mass is 284 g/mol. The second-order valence-electron chi connectivity index (χ2n) is 5.22. The van der Waals surface area contributed by atoms with Gasteiger partial charge in [0.05, 0.1) is 0 Å². The van der Waals surface area contributed by atoms with E-state index in [4.69, 9.17) is 5.73 Å². The molecule has 0 radical (unpaired) electrons. The van der Waals surface area contributed by atoms with Gasteiger partial charge >= 0.3 is 0 Å². The summed E-state index contributed by atoms with van der Waals surface area (Å²) in [6.07, 6.45) is 2.14. The number of hydrogen-bond acceptors (Lipinski definition) is 2. The van der Waals surface area contributed by atoms with E-state index in [2.05, 4.69) is 6.92 Å². The smallest absolute Gasteiger partial charge is 0.222 e. The quantitative estimate of drug-likeness (QED) is 0.836. The third-order valence-corrected chi connectivity index (χ3v) is 3.34. The SMILES string of the molecule is CC(CCN)CCC(=O)N(C)Cc1ccc(F)c(F)c1. The lowest BCUT2D eigenvalue weighted by atomic mass is 10.0. The zero-order chi connectivity index (χ0) is 15.1. The van der Waals surface area contributed by atoms with E-state index in [0.29, 0.717) is 24.4 Å². The van der Waals surface area contributed by atoms with Crippen molar-refractivity contribution < 1.29 is 13.6 Å². The van der Waals surface area contributed by atoms with Gasteiger partial charge in [-0.15, -0.1) is 0 Å². The second-order valence-corrected chi connectivity index (χ2v) is 5.22. The molecule has 1 unspecified atom stereocenters. The molecule has 0 aliphatic carbocycles. The number of halogens is 2. The van der Waals surface area contributed by atoms with Crippen molar-refractivity contribution in [1.29, 1.82) is 0 Å². The fourth-order valence-electron chi connectivity index (χ4n) is 1.99. The Kier molecular flexibility index (Phi) is 6.58. The lowest BCUT2D eigenvalue weighted by molar-refractivity contribution is -0.130. The lowest BCUT2D eigenvalue weighted by Crippen LogP contribution is -2.26. The molecule has 0 aromatic heterocycles. The Balaban J connectivity index is 2.46. The van der Waals surface area contributed by atoms with Crippen LogP contribution in [0, 0.1) is 17.6 Å². The highest BCUT2D eigenvalue weighted by atomic mass is 19.2. The van der Waals surface area contributed by atoms with Crippen molar-refractivity contribution in [3.8, 4) is 0 Å². The molecule has 112 valence electrons. The molecular formula is C15H22F2N2O. The average molecular weight is 284 g/mol. The molecule has 3 nitrogen and oxygen atoms in total. The number of amides is 1. The Hall–Kier alpha value is -1.49. The van der Waals surface area contributed by atoms with Crippen molar-refractivity contribution in [3.05, 3.63) is 35.4 Å². The largest absolute Gasteiger partial charge is 0.341 e. The Bertz CT molecular complexity index is 451. The highest BCUT2D eigenvalue weighted by Gasteiger charge is 2.12. The van der Waals surface area contributed by atoms with E-state index in [0.717, 1.165) is 25.0 Å². The summed E-state index contributed by atoms with van der Waals surface area (Å²) in [7, 11) is 1.66. The maximum absolute atomic E-state index is 13.1. The molecule has 0 spiro atoms. The molecule has 20 heavy (non-hydrogen) atoms. The predicted octanol–water partition coefficient (Wildman–Crippen LogP) is 2.69. The third-order valence-electron chi connectivity index (χ3n) is 3.34. The number of carbonyl (C=O) groups is 1. The van der Waals surface area contributed by atoms with Crippen LogP contribution in [0.3, 0.4) is 0 Å². The zero-order valence-electron chi connectivity index (χ0n) is 12.0. The molecule has 0 aliphatic heterocycles. The van der Waals surface area contributed by atoms with Crippen LogP contribution in [0.2, 0.25) is 0 Å². The number of benzene rings is 1. The minimum Gasteiger partial charge on any atom is -0.341 e. The van der Waals surface area contributed by atoms with Gasteiger partial charge in [0.1, 0.15) is 0 Å². The number of rotatable bonds is 7. The first kappa shape index (κ1) is 16.6. The predicted molar refractivity (Wildman–Crippen MR) is 74.9 cm³/mol. The summed E-state index contributed by atoms with van der Waals surface area (Å²) in [4.78, 5) is 13.5. The van der Waals surface area contributed by atoms with Crippen molar-refractivity contribution in [2.45, 2.75) is 32.7 Å². The number of carbonyl (C=O) groups excluding carboxylic acids is 1. The Morgan fingerprint density at radius 1 is 1.30 bits per heavy atom. The number of nitrogens with two attached hydrogens (primary N) is 1. The van der Waals surface area contributed by atoms with Crippen LogP contribution in [0.1, 0.15) is 31.7 Å². The minimum absolute atomic E-state index is 0.00129. The molecule has 2 N–H and O–H groups in total. The van der Waals surface area contributed by atoms with Crippen LogP contribution in [-0.4, -0.2) is 24.4 Å². The van der Waals surface area contributed by atoms with Crippen LogP contribution >= 0.6 is 0 Å². The maximum Gasteiger partial charge on any atom is 0.222 e. The molecule has 1 rings (SSSR count). The van der Waals surface area contributed by atoms with Gasteiger partial charge in [0.15, 0.2) is 11.6 Å². The summed E-state index contributed by atoms with van der Waals surface area (Å²) in [5.41, 5.74) is 6.04. The van der Waals surface area contributed by atoms with Crippen LogP contribution in [0.15, 0.2) is 18.2 Å². The molecule has 0 saturated heterocycles. The minimum atomic E-state index is -0.889. The Labute approximate surface area is 118 Å². The van der Waals surface area contributed by atoms with Gasteiger partial charge in [-0.2, -0.15) is 0 Å². The molecule has 1 amide bonds. The van der Waals surface area contributed by atoms with Crippen LogP contribution < -0.4 is 5.73 Å². The highest BCUT2D eigenvalue weighted by Crippen LogP contribution is 2.13. The zero-order valence-corrected chi connectivity index (χ0v) is 12.0. The standard InChI is InChI=1S/C15H22F2N2O/c1-11(7-8-18)3-6-15(20)19(2)10-12-4-5-13(16)14(17)9-12/h4-5,9,11H,3,6-8,10,18H2,1-2H3. The molecule has 0 bridgehead atoms. The summed E-state index contributed by atoms with van der Waals surface area (Å²) >= 11 is 0. The lowest BCUT2D eigenvalue weighted by Gasteiger charge is -2.18. The molecule has 1 atom stereocenters. The van der Waals surface area contributed by atoms with E-state index in [9.17, 15) is 13.6 Å². The number of hydrogen-bond donors (Lipinski definition) is 1. The third kappa shape index (κ3) is 5.25. The molecule has 1 aromatic rings. The van der Waals surface area contributed by atoms with Crippen LogP contribution in [0.4, 0.5) is 8.78 Å². The van der Waals surface area contributed by atoms with Gasteiger partial charge in [-0.25, -0.2) is 8.78 Å². The van der Waals surface area contributed by atoms with Crippen LogP contribution in [0.5, 0.6) is 0 Å². The molecule has 0 fully saturated rings. The van der Waals surface area contributed by atoms with E-state index < -0.39 is 11.6 Å². The average Bonchev–Trinajstić information content (AvgIpc) is 2.40. The topological polar surface area (TPSA) is 46.3 Å². The van der Waals surface area contributed by atoms with Gasteiger partial charge in [-0.1, -0.05) is 13.0 Å². The first-order chi connectivity index (χ1) is 9.43. The second kappa shape index (κ2) is 7.94. The Morgan fingerprint density at radius 3 is 2.60 bits per heavy atom. The van der Waals surface area contributed by atoms with Crippen molar-refractivity contribution in [2.24, 2.45) is 11.7 Å².